The first-order valence-electron chi connectivity index (χ1n) is 6.28. The van der Waals surface area contributed by atoms with E-state index in [1.54, 1.807) is 0 Å². The second-order valence-electron chi connectivity index (χ2n) is 5.18. The second kappa shape index (κ2) is 2.82. The van der Waals surface area contributed by atoms with Gasteiger partial charge in [0.1, 0.15) is 0 Å². The lowest BCUT2D eigenvalue weighted by Gasteiger charge is -2.34. The van der Waals surface area contributed by atoms with Crippen molar-refractivity contribution in [3.05, 3.63) is 35.7 Å². The normalized spacial score (nSPS) is 21.0. The van der Waals surface area contributed by atoms with Gasteiger partial charge in [0.15, 0.2) is 0 Å². The van der Waals surface area contributed by atoms with Gasteiger partial charge in [0.2, 0.25) is 0 Å². The number of rotatable bonds is 0. The third-order valence-electron chi connectivity index (χ3n) is 4.48. The summed E-state index contributed by atoms with van der Waals surface area (Å²) in [6, 6.07) is 4.57. The smallest absolute Gasteiger partial charge is 0.0664 e. The third kappa shape index (κ3) is 0.845. The van der Waals surface area contributed by atoms with Crippen molar-refractivity contribution in [2.24, 2.45) is 0 Å². The Balaban J connectivity index is 2.01. The number of aromatic nitrogens is 2. The molecule has 2 heteroatoms. The zero-order chi connectivity index (χ0) is 10.6. The fourth-order valence-electron chi connectivity index (χ4n) is 3.79. The summed E-state index contributed by atoms with van der Waals surface area (Å²) in [6.45, 7) is 0. The summed E-state index contributed by atoms with van der Waals surface area (Å²) in [5.41, 5.74) is 6.08. The lowest BCUT2D eigenvalue weighted by Crippen LogP contribution is -2.27. The third-order valence-corrected chi connectivity index (χ3v) is 4.48. The van der Waals surface area contributed by atoms with E-state index in [4.69, 9.17) is 0 Å². The molecule has 2 aliphatic carbocycles. The van der Waals surface area contributed by atoms with Gasteiger partial charge in [0.25, 0.3) is 0 Å². The molecule has 2 aromatic rings. The molecule has 82 valence electrons. The van der Waals surface area contributed by atoms with Gasteiger partial charge in [-0.15, -0.1) is 0 Å². The van der Waals surface area contributed by atoms with E-state index in [0.717, 1.165) is 0 Å². The van der Waals surface area contributed by atoms with E-state index in [2.05, 4.69) is 34.5 Å². The lowest BCUT2D eigenvalue weighted by atomic mass is 9.69. The summed E-state index contributed by atoms with van der Waals surface area (Å²) >= 11 is 0. The highest BCUT2D eigenvalue weighted by Gasteiger charge is 2.44. The monoisotopic (exact) mass is 212 g/mol. The number of nitrogens with one attached hydrogen (secondary N) is 2. The molecule has 0 bridgehead atoms. The summed E-state index contributed by atoms with van der Waals surface area (Å²) in [6.07, 6.45) is 11.0. The summed E-state index contributed by atoms with van der Waals surface area (Å²) in [5, 5.41) is 0. The fraction of sp³-hybridized carbons (Fsp3) is 0.429. The Morgan fingerprint density at radius 2 is 1.38 bits per heavy atom. The Morgan fingerprint density at radius 3 is 1.94 bits per heavy atom. The zero-order valence-corrected chi connectivity index (χ0v) is 9.34. The SMILES string of the molecule is c1cc2c([nH]1)-c1[nH]ccc1C21CCCCC1. The summed E-state index contributed by atoms with van der Waals surface area (Å²) in [5.74, 6) is 0. The molecule has 2 N–H and O–H groups in total. The van der Waals surface area contributed by atoms with Crippen molar-refractivity contribution >= 4 is 0 Å². The van der Waals surface area contributed by atoms with Crippen LogP contribution in [-0.2, 0) is 5.41 Å². The van der Waals surface area contributed by atoms with Crippen molar-refractivity contribution < 1.29 is 0 Å². The van der Waals surface area contributed by atoms with Gasteiger partial charge in [-0.05, 0) is 36.1 Å². The molecular weight excluding hydrogens is 196 g/mol. The van der Waals surface area contributed by atoms with Gasteiger partial charge in [0, 0.05) is 17.8 Å². The molecule has 2 aliphatic rings. The topological polar surface area (TPSA) is 31.6 Å². The maximum Gasteiger partial charge on any atom is 0.0664 e. The van der Waals surface area contributed by atoms with E-state index >= 15 is 0 Å². The molecule has 0 aliphatic heterocycles. The highest BCUT2D eigenvalue weighted by atomic mass is 14.8. The van der Waals surface area contributed by atoms with Crippen molar-refractivity contribution in [3.63, 3.8) is 0 Å². The lowest BCUT2D eigenvalue weighted by molar-refractivity contribution is 0.353. The van der Waals surface area contributed by atoms with Crippen molar-refractivity contribution in [1.82, 2.24) is 9.97 Å². The molecule has 16 heavy (non-hydrogen) atoms. The molecule has 2 heterocycles. The fourth-order valence-corrected chi connectivity index (χ4v) is 3.79. The van der Waals surface area contributed by atoms with Gasteiger partial charge >= 0.3 is 0 Å². The minimum Gasteiger partial charge on any atom is -0.360 e. The van der Waals surface area contributed by atoms with Crippen molar-refractivity contribution in [2.45, 2.75) is 37.5 Å². The zero-order valence-electron chi connectivity index (χ0n) is 9.34. The Morgan fingerprint density at radius 1 is 0.812 bits per heavy atom. The predicted octanol–water partition coefficient (Wildman–Crippen LogP) is 3.57. The van der Waals surface area contributed by atoms with Crippen molar-refractivity contribution in [3.8, 4) is 11.4 Å². The van der Waals surface area contributed by atoms with E-state index in [0.29, 0.717) is 5.41 Å². The van der Waals surface area contributed by atoms with Crippen LogP contribution in [0.25, 0.3) is 11.4 Å². The Kier molecular flexibility index (Phi) is 1.53. The Bertz CT molecular complexity index is 484. The standard InChI is InChI=1S/C14H16N2/c1-2-6-14(7-3-1)10-4-8-15-12(10)13-11(14)5-9-16-13/h4-5,8-9,15-16H,1-3,6-7H2. The molecule has 1 spiro atoms. The average Bonchev–Trinajstić information content (AvgIpc) is 3.00. The van der Waals surface area contributed by atoms with Crippen molar-refractivity contribution in [1.29, 1.82) is 0 Å². The van der Waals surface area contributed by atoms with E-state index in [1.807, 2.05) is 0 Å². The van der Waals surface area contributed by atoms with Gasteiger partial charge in [-0.2, -0.15) is 0 Å². The molecule has 0 atom stereocenters. The van der Waals surface area contributed by atoms with Gasteiger partial charge in [-0.25, -0.2) is 0 Å². The minimum atomic E-state index is 0.336. The molecule has 4 rings (SSSR count). The number of aromatic amines is 2. The van der Waals surface area contributed by atoms with Gasteiger partial charge in [-0.3, -0.25) is 0 Å². The van der Waals surface area contributed by atoms with E-state index < -0.39 is 0 Å². The molecule has 0 aromatic carbocycles. The second-order valence-corrected chi connectivity index (χ2v) is 5.18. The van der Waals surface area contributed by atoms with Crippen LogP contribution in [0.4, 0.5) is 0 Å². The molecule has 1 fully saturated rings. The molecule has 0 saturated heterocycles. The highest BCUT2D eigenvalue weighted by molar-refractivity contribution is 5.76. The Hall–Kier alpha value is -1.44. The molecule has 2 nitrogen and oxygen atoms in total. The van der Waals surface area contributed by atoms with Gasteiger partial charge in [-0.1, -0.05) is 19.3 Å². The number of H-pyrrole nitrogens is 2. The quantitative estimate of drug-likeness (QED) is 0.669. The van der Waals surface area contributed by atoms with Gasteiger partial charge in [0.05, 0.1) is 11.4 Å². The molecule has 1 saturated carbocycles. The van der Waals surface area contributed by atoms with Gasteiger partial charge < -0.3 is 9.97 Å². The number of hydrogen-bond acceptors (Lipinski definition) is 0. The van der Waals surface area contributed by atoms with Crippen LogP contribution in [0.5, 0.6) is 0 Å². The Labute approximate surface area is 95.1 Å². The maximum absolute atomic E-state index is 3.40. The first kappa shape index (κ1) is 8.68. The number of fused-ring (bicyclic) bond motifs is 5. The highest BCUT2D eigenvalue weighted by Crippen LogP contribution is 2.54. The first-order chi connectivity index (χ1) is 7.92. The minimum absolute atomic E-state index is 0.336. The van der Waals surface area contributed by atoms with Crippen LogP contribution in [0.2, 0.25) is 0 Å². The van der Waals surface area contributed by atoms with E-state index in [-0.39, 0.29) is 0 Å². The van der Waals surface area contributed by atoms with Crippen LogP contribution in [0.1, 0.15) is 43.2 Å². The van der Waals surface area contributed by atoms with Crippen LogP contribution >= 0.6 is 0 Å². The summed E-state index contributed by atoms with van der Waals surface area (Å²) < 4.78 is 0. The van der Waals surface area contributed by atoms with Crippen LogP contribution in [-0.4, -0.2) is 9.97 Å². The maximum atomic E-state index is 3.40. The largest absolute Gasteiger partial charge is 0.360 e. The molecule has 0 unspecified atom stereocenters. The molecule has 0 radical (unpaired) electrons. The van der Waals surface area contributed by atoms with E-state index in [1.165, 1.54) is 54.6 Å². The van der Waals surface area contributed by atoms with E-state index in [9.17, 15) is 0 Å². The molecule has 2 aromatic heterocycles. The first-order valence-corrected chi connectivity index (χ1v) is 6.28. The predicted molar refractivity (Wildman–Crippen MR) is 64.4 cm³/mol. The van der Waals surface area contributed by atoms with Crippen LogP contribution < -0.4 is 0 Å². The molecule has 0 amide bonds. The summed E-state index contributed by atoms with van der Waals surface area (Å²) in [4.78, 5) is 6.80. The van der Waals surface area contributed by atoms with Crippen LogP contribution in [0, 0.1) is 0 Å². The van der Waals surface area contributed by atoms with Crippen LogP contribution in [0.3, 0.4) is 0 Å². The summed E-state index contributed by atoms with van der Waals surface area (Å²) in [7, 11) is 0. The average molecular weight is 212 g/mol. The number of hydrogen-bond donors (Lipinski definition) is 2. The van der Waals surface area contributed by atoms with Crippen LogP contribution in [0.15, 0.2) is 24.5 Å². The molecular formula is C14H16N2. The van der Waals surface area contributed by atoms with Crippen molar-refractivity contribution in [2.75, 3.05) is 0 Å².